The highest BCUT2D eigenvalue weighted by atomic mass is 16.5. The van der Waals surface area contributed by atoms with Crippen molar-refractivity contribution < 1.29 is 4.74 Å². The summed E-state index contributed by atoms with van der Waals surface area (Å²) in [6.45, 7) is 1.13. The molecule has 8 rings (SSSR count). The summed E-state index contributed by atoms with van der Waals surface area (Å²) >= 11 is 0. The molecule has 3 heterocycles. The van der Waals surface area contributed by atoms with E-state index < -0.39 is 0 Å². The summed E-state index contributed by atoms with van der Waals surface area (Å²) < 4.78 is 6.73. The summed E-state index contributed by atoms with van der Waals surface area (Å²) in [7, 11) is 0. The SMILES string of the molecule is C1=CC2OC3C(C4C=CC(N5C6CCC=CC6C6C7CCC=CC7NCC65)=CC4)CCCC3C2C=C1. The van der Waals surface area contributed by atoms with Gasteiger partial charge in [0.05, 0.1) is 12.2 Å². The highest BCUT2D eigenvalue weighted by molar-refractivity contribution is 5.31. The Morgan fingerprint density at radius 2 is 1.69 bits per heavy atom. The van der Waals surface area contributed by atoms with E-state index in [1.807, 2.05) is 0 Å². The monoisotopic (exact) mass is 482 g/mol. The van der Waals surface area contributed by atoms with Crippen LogP contribution in [0, 0.1) is 41.4 Å². The van der Waals surface area contributed by atoms with E-state index in [4.69, 9.17) is 4.74 Å². The van der Waals surface area contributed by atoms with Crippen LogP contribution in [0.2, 0.25) is 0 Å². The van der Waals surface area contributed by atoms with Crippen LogP contribution in [-0.4, -0.2) is 41.8 Å². The van der Waals surface area contributed by atoms with Crippen molar-refractivity contribution in [1.82, 2.24) is 10.2 Å². The van der Waals surface area contributed by atoms with Gasteiger partial charge in [0.25, 0.3) is 0 Å². The van der Waals surface area contributed by atoms with E-state index in [2.05, 4.69) is 77.1 Å². The van der Waals surface area contributed by atoms with Crippen LogP contribution in [0.4, 0.5) is 0 Å². The first-order valence-electron chi connectivity index (χ1n) is 15.1. The van der Waals surface area contributed by atoms with Gasteiger partial charge in [-0.05, 0) is 80.6 Å². The number of fused-ring (bicyclic) bond motifs is 8. The van der Waals surface area contributed by atoms with Crippen molar-refractivity contribution in [2.24, 2.45) is 41.4 Å². The van der Waals surface area contributed by atoms with Gasteiger partial charge in [-0.1, -0.05) is 67.2 Å². The molecule has 0 aromatic carbocycles. The Labute approximate surface area is 217 Å². The molecule has 0 aromatic heterocycles. The molecule has 0 amide bonds. The van der Waals surface area contributed by atoms with Gasteiger partial charge in [0, 0.05) is 42.2 Å². The van der Waals surface area contributed by atoms with Gasteiger partial charge in [0.2, 0.25) is 0 Å². The number of nitrogens with zero attached hydrogens (tertiary/aromatic N) is 1. The lowest BCUT2D eigenvalue weighted by atomic mass is 9.68. The highest BCUT2D eigenvalue weighted by Crippen LogP contribution is 2.52. The van der Waals surface area contributed by atoms with Gasteiger partial charge in [-0.2, -0.15) is 0 Å². The van der Waals surface area contributed by atoms with E-state index in [0.29, 0.717) is 54.0 Å². The molecule has 1 N–H and O–H groups in total. The average Bonchev–Trinajstić information content (AvgIpc) is 3.49. The third-order valence-electron chi connectivity index (χ3n) is 11.4. The van der Waals surface area contributed by atoms with Crippen molar-refractivity contribution in [1.29, 1.82) is 0 Å². The molecule has 4 fully saturated rings. The van der Waals surface area contributed by atoms with E-state index in [0.717, 1.165) is 24.3 Å². The molecule has 8 aliphatic rings. The molecule has 5 aliphatic carbocycles. The summed E-state index contributed by atoms with van der Waals surface area (Å²) in [4.78, 5) is 2.90. The first-order valence-corrected chi connectivity index (χ1v) is 15.1. The number of allylic oxidation sites excluding steroid dienone is 7. The van der Waals surface area contributed by atoms with E-state index >= 15 is 0 Å². The van der Waals surface area contributed by atoms with E-state index in [1.165, 1.54) is 57.1 Å². The van der Waals surface area contributed by atoms with Crippen LogP contribution in [0.3, 0.4) is 0 Å². The third kappa shape index (κ3) is 3.38. The summed E-state index contributed by atoms with van der Waals surface area (Å²) in [5.41, 5.74) is 1.52. The fraction of sp³-hybridized carbons (Fsp3) is 0.636. The zero-order chi connectivity index (χ0) is 23.6. The normalized spacial score (nSPS) is 50.2. The summed E-state index contributed by atoms with van der Waals surface area (Å²) in [5.74, 6) is 4.95. The maximum Gasteiger partial charge on any atom is 0.0829 e. The van der Waals surface area contributed by atoms with Crippen molar-refractivity contribution in [3.8, 4) is 0 Å². The molecule has 36 heavy (non-hydrogen) atoms. The number of hydrogen-bond acceptors (Lipinski definition) is 3. The van der Waals surface area contributed by atoms with Crippen molar-refractivity contribution >= 4 is 0 Å². The lowest BCUT2D eigenvalue weighted by Gasteiger charge is -2.45. The molecule has 0 aromatic rings. The number of ether oxygens (including phenoxy) is 1. The first-order chi connectivity index (χ1) is 17.9. The minimum absolute atomic E-state index is 0.319. The van der Waals surface area contributed by atoms with E-state index in [9.17, 15) is 0 Å². The molecule has 12 atom stereocenters. The van der Waals surface area contributed by atoms with Gasteiger partial charge in [-0.25, -0.2) is 0 Å². The Morgan fingerprint density at radius 1 is 0.806 bits per heavy atom. The molecule has 1 saturated carbocycles. The van der Waals surface area contributed by atoms with Crippen molar-refractivity contribution in [3.63, 3.8) is 0 Å². The molecule has 0 bridgehead atoms. The minimum atomic E-state index is 0.319. The van der Waals surface area contributed by atoms with Crippen LogP contribution < -0.4 is 5.32 Å². The van der Waals surface area contributed by atoms with Gasteiger partial charge in [0.15, 0.2) is 0 Å². The zero-order valence-corrected chi connectivity index (χ0v) is 21.5. The fourth-order valence-electron chi connectivity index (χ4n) is 9.94. The Balaban J connectivity index is 1.03. The van der Waals surface area contributed by atoms with Gasteiger partial charge >= 0.3 is 0 Å². The van der Waals surface area contributed by atoms with Crippen LogP contribution in [0.1, 0.15) is 51.4 Å². The molecular weight excluding hydrogens is 440 g/mol. The molecule has 3 heteroatoms. The molecule has 3 nitrogen and oxygen atoms in total. The van der Waals surface area contributed by atoms with Gasteiger partial charge in [0.1, 0.15) is 0 Å². The molecule has 0 spiro atoms. The second kappa shape index (κ2) is 8.88. The topological polar surface area (TPSA) is 24.5 Å². The Hall–Kier alpha value is -1.84. The Kier molecular flexibility index (Phi) is 5.47. The zero-order valence-electron chi connectivity index (χ0n) is 21.5. The summed E-state index contributed by atoms with van der Waals surface area (Å²) in [5, 5.41) is 3.95. The number of rotatable bonds is 2. The number of hydrogen-bond donors (Lipinski definition) is 1. The number of piperidine rings is 1. The largest absolute Gasteiger partial charge is 0.370 e. The van der Waals surface area contributed by atoms with Crippen LogP contribution >= 0.6 is 0 Å². The third-order valence-corrected chi connectivity index (χ3v) is 11.4. The van der Waals surface area contributed by atoms with Crippen molar-refractivity contribution in [3.05, 3.63) is 72.5 Å². The second-order valence-electron chi connectivity index (χ2n) is 12.9. The molecule has 3 aliphatic heterocycles. The van der Waals surface area contributed by atoms with E-state index in [1.54, 1.807) is 0 Å². The molecule has 12 unspecified atom stereocenters. The lowest BCUT2D eigenvalue weighted by Crippen LogP contribution is -2.56. The molecule has 3 saturated heterocycles. The second-order valence-corrected chi connectivity index (χ2v) is 12.9. The number of nitrogens with one attached hydrogen (secondary N) is 1. The number of likely N-dealkylation sites (tertiary alicyclic amines) is 1. The molecular formula is C33H42N2O. The smallest absolute Gasteiger partial charge is 0.0829 e. The minimum Gasteiger partial charge on any atom is -0.370 e. The van der Waals surface area contributed by atoms with Gasteiger partial charge in [-0.3, -0.25) is 0 Å². The van der Waals surface area contributed by atoms with E-state index in [-0.39, 0.29) is 0 Å². The molecule has 190 valence electrons. The summed E-state index contributed by atoms with van der Waals surface area (Å²) in [6.07, 6.45) is 38.1. The Morgan fingerprint density at radius 3 is 2.64 bits per heavy atom. The fourth-order valence-corrected chi connectivity index (χ4v) is 9.94. The predicted molar refractivity (Wildman–Crippen MR) is 145 cm³/mol. The highest BCUT2D eigenvalue weighted by Gasteiger charge is 2.55. The van der Waals surface area contributed by atoms with Crippen LogP contribution in [-0.2, 0) is 4.74 Å². The maximum absolute atomic E-state index is 6.73. The van der Waals surface area contributed by atoms with Crippen molar-refractivity contribution in [2.75, 3.05) is 6.54 Å². The van der Waals surface area contributed by atoms with Gasteiger partial charge in [-0.15, -0.1) is 0 Å². The van der Waals surface area contributed by atoms with Crippen LogP contribution in [0.5, 0.6) is 0 Å². The predicted octanol–water partition coefficient (Wildman–Crippen LogP) is 5.95. The van der Waals surface area contributed by atoms with Crippen LogP contribution in [0.15, 0.2) is 72.5 Å². The Bertz CT molecular complexity index is 1050. The van der Waals surface area contributed by atoms with Crippen molar-refractivity contribution in [2.45, 2.75) is 81.7 Å². The first kappa shape index (κ1) is 22.2. The summed E-state index contributed by atoms with van der Waals surface area (Å²) in [6, 6.07) is 1.92. The van der Waals surface area contributed by atoms with Crippen LogP contribution in [0.25, 0.3) is 0 Å². The average molecular weight is 483 g/mol. The van der Waals surface area contributed by atoms with Gasteiger partial charge < -0.3 is 15.0 Å². The standard InChI is InChI=1S/C33H42N2O/c1-4-13-28-26(9-1)32-27-10-2-5-14-29(27)35(30(32)20-34-28)22-18-16-21(17-19-22)23-11-7-12-25-24-8-3-6-15-31(24)36-33(23)25/h2-4,6,8,10,13,15-16,18-19,21,23-34H,1,5,7,9,11-12,14,17,20H2. The lowest BCUT2D eigenvalue weighted by molar-refractivity contribution is -0.0169. The maximum atomic E-state index is 6.73. The quantitative estimate of drug-likeness (QED) is 0.493. The molecule has 0 radical (unpaired) electrons.